The van der Waals surface area contributed by atoms with Gasteiger partial charge in [0, 0.05) is 23.5 Å². The molecule has 2 aromatic heterocycles. The maximum absolute atomic E-state index is 13.0. The minimum atomic E-state index is -0.0799. The van der Waals surface area contributed by atoms with E-state index in [1.807, 2.05) is 48.5 Å². The number of thiazole rings is 1. The van der Waals surface area contributed by atoms with Crippen LogP contribution in [0, 0.1) is 0 Å². The van der Waals surface area contributed by atoms with Crippen LogP contribution >= 0.6 is 34.7 Å². The first kappa shape index (κ1) is 22.0. The summed E-state index contributed by atoms with van der Waals surface area (Å²) in [5.74, 6) is -0.0799. The van der Waals surface area contributed by atoms with Crippen molar-refractivity contribution in [2.45, 2.75) is 23.2 Å². The zero-order chi connectivity index (χ0) is 21.8. The number of carbonyl (C=O) groups excluding carboxylic acids is 1. The number of benzene rings is 2. The molecule has 0 fully saturated rings. The number of rotatable bonds is 8. The summed E-state index contributed by atoms with van der Waals surface area (Å²) in [6.07, 6.45) is 0. The maximum atomic E-state index is 13.0. The van der Waals surface area contributed by atoms with Gasteiger partial charge >= 0.3 is 0 Å². The van der Waals surface area contributed by atoms with Crippen LogP contribution in [-0.4, -0.2) is 47.0 Å². The highest BCUT2D eigenvalue weighted by atomic mass is 35.5. The molecule has 8 heteroatoms. The molecule has 2 heterocycles. The van der Waals surface area contributed by atoms with Crippen molar-refractivity contribution in [3.8, 4) is 0 Å². The molecule has 0 saturated carbocycles. The van der Waals surface area contributed by atoms with Crippen LogP contribution in [0.15, 0.2) is 57.9 Å². The first-order chi connectivity index (χ1) is 15.1. The van der Waals surface area contributed by atoms with Crippen LogP contribution in [0.5, 0.6) is 0 Å². The Morgan fingerprint density at radius 1 is 1.10 bits per heavy atom. The largest absolute Gasteiger partial charge is 0.351 e. The molecule has 0 atom stereocenters. The molecular formula is C23H23ClN4OS2. The Morgan fingerprint density at radius 2 is 1.90 bits per heavy atom. The summed E-state index contributed by atoms with van der Waals surface area (Å²) in [6, 6.07) is 15.3. The average molecular weight is 471 g/mol. The zero-order valence-electron chi connectivity index (χ0n) is 17.4. The van der Waals surface area contributed by atoms with Crippen molar-refractivity contribution in [1.82, 2.24) is 20.2 Å². The van der Waals surface area contributed by atoms with Crippen molar-refractivity contribution in [2.24, 2.45) is 0 Å². The van der Waals surface area contributed by atoms with E-state index in [9.17, 15) is 4.79 Å². The second-order valence-electron chi connectivity index (χ2n) is 7.00. The summed E-state index contributed by atoms with van der Waals surface area (Å²) in [4.78, 5) is 24.7. The van der Waals surface area contributed by atoms with Gasteiger partial charge in [-0.05, 0) is 55.2 Å². The number of amides is 1. The molecule has 4 aromatic rings. The van der Waals surface area contributed by atoms with Crippen LogP contribution < -0.4 is 5.32 Å². The average Bonchev–Trinajstić information content (AvgIpc) is 3.17. The van der Waals surface area contributed by atoms with Gasteiger partial charge in [0.1, 0.15) is 5.03 Å². The van der Waals surface area contributed by atoms with E-state index in [1.165, 1.54) is 11.8 Å². The molecule has 0 aliphatic carbocycles. The molecule has 0 saturated heterocycles. The highest BCUT2D eigenvalue weighted by Crippen LogP contribution is 2.35. The van der Waals surface area contributed by atoms with Gasteiger partial charge in [-0.2, -0.15) is 0 Å². The molecule has 5 nitrogen and oxygen atoms in total. The number of hydrogen-bond acceptors (Lipinski definition) is 6. The molecule has 0 spiro atoms. The van der Waals surface area contributed by atoms with Gasteiger partial charge in [0.2, 0.25) is 0 Å². The number of carbonyl (C=O) groups is 1. The Balaban J connectivity index is 1.60. The van der Waals surface area contributed by atoms with E-state index in [0.29, 0.717) is 17.1 Å². The standard InChI is InChI=1S/C23H23ClN4OS2/c1-3-28(4-2)12-11-25-22(29)17-14-21(26-18-8-6-5-7-16(17)18)31-23-27-19-13-15(24)9-10-20(19)30-23/h5-10,13-14H,3-4,11-12H2,1-2H3,(H,25,29). The lowest BCUT2D eigenvalue weighted by Gasteiger charge is -2.18. The van der Waals surface area contributed by atoms with E-state index >= 15 is 0 Å². The molecule has 0 aliphatic heterocycles. The summed E-state index contributed by atoms with van der Waals surface area (Å²) in [5, 5.41) is 5.33. The van der Waals surface area contributed by atoms with Crippen LogP contribution in [0.1, 0.15) is 24.2 Å². The number of pyridine rings is 1. The third-order valence-electron chi connectivity index (χ3n) is 5.07. The fraction of sp³-hybridized carbons (Fsp3) is 0.261. The van der Waals surface area contributed by atoms with Gasteiger partial charge in [-0.1, -0.05) is 43.6 Å². The van der Waals surface area contributed by atoms with Gasteiger partial charge in [-0.3, -0.25) is 4.79 Å². The quantitative estimate of drug-likeness (QED) is 0.357. The number of hydrogen-bond donors (Lipinski definition) is 1. The summed E-state index contributed by atoms with van der Waals surface area (Å²) in [6.45, 7) is 7.63. The number of nitrogens with zero attached hydrogens (tertiary/aromatic N) is 3. The fourth-order valence-electron chi connectivity index (χ4n) is 3.37. The number of likely N-dealkylation sites (N-methyl/N-ethyl adjacent to an activating group) is 1. The predicted octanol–water partition coefficient (Wildman–Crippen LogP) is 5.72. The van der Waals surface area contributed by atoms with Crippen molar-refractivity contribution < 1.29 is 4.79 Å². The van der Waals surface area contributed by atoms with Crippen molar-refractivity contribution in [2.75, 3.05) is 26.2 Å². The van der Waals surface area contributed by atoms with Gasteiger partial charge < -0.3 is 10.2 Å². The van der Waals surface area contributed by atoms with Gasteiger partial charge in [-0.25, -0.2) is 9.97 Å². The third-order valence-corrected chi connectivity index (χ3v) is 7.32. The van der Waals surface area contributed by atoms with Crippen LogP contribution in [0.2, 0.25) is 5.02 Å². The van der Waals surface area contributed by atoms with E-state index in [0.717, 1.165) is 50.1 Å². The van der Waals surface area contributed by atoms with E-state index in [-0.39, 0.29) is 5.91 Å². The number of nitrogens with one attached hydrogen (secondary N) is 1. The first-order valence-corrected chi connectivity index (χ1v) is 12.2. The van der Waals surface area contributed by atoms with Crippen molar-refractivity contribution in [3.63, 3.8) is 0 Å². The highest BCUT2D eigenvalue weighted by molar-refractivity contribution is 8.01. The summed E-state index contributed by atoms with van der Waals surface area (Å²) < 4.78 is 1.94. The molecule has 0 unspecified atom stereocenters. The Morgan fingerprint density at radius 3 is 2.71 bits per heavy atom. The van der Waals surface area contributed by atoms with Crippen molar-refractivity contribution >= 4 is 61.7 Å². The van der Waals surface area contributed by atoms with Gasteiger partial charge in [-0.15, -0.1) is 11.3 Å². The van der Waals surface area contributed by atoms with Gasteiger partial charge in [0.05, 0.1) is 21.3 Å². The van der Waals surface area contributed by atoms with Crippen LogP contribution in [0.4, 0.5) is 0 Å². The normalized spacial score (nSPS) is 11.5. The molecule has 0 radical (unpaired) electrons. The first-order valence-electron chi connectivity index (χ1n) is 10.2. The molecular weight excluding hydrogens is 448 g/mol. The Hall–Kier alpha value is -2.19. The topological polar surface area (TPSA) is 58.1 Å². The number of fused-ring (bicyclic) bond motifs is 2. The van der Waals surface area contributed by atoms with Gasteiger partial charge in [0.25, 0.3) is 5.91 Å². The molecule has 160 valence electrons. The van der Waals surface area contributed by atoms with E-state index in [4.69, 9.17) is 16.6 Å². The van der Waals surface area contributed by atoms with Crippen LogP contribution in [0.3, 0.4) is 0 Å². The monoisotopic (exact) mass is 470 g/mol. The molecule has 31 heavy (non-hydrogen) atoms. The predicted molar refractivity (Wildman–Crippen MR) is 131 cm³/mol. The molecule has 4 rings (SSSR count). The van der Waals surface area contributed by atoms with Crippen LogP contribution in [0.25, 0.3) is 21.1 Å². The summed E-state index contributed by atoms with van der Waals surface area (Å²) >= 11 is 9.14. The number of aromatic nitrogens is 2. The Labute approximate surface area is 194 Å². The van der Waals surface area contributed by atoms with E-state index in [1.54, 1.807) is 11.3 Å². The SMILES string of the molecule is CCN(CC)CCNC(=O)c1cc(Sc2nc3cc(Cl)ccc3s2)nc2ccccc12. The highest BCUT2D eigenvalue weighted by Gasteiger charge is 2.15. The van der Waals surface area contributed by atoms with Crippen molar-refractivity contribution in [1.29, 1.82) is 0 Å². The Bertz CT molecular complexity index is 1220. The summed E-state index contributed by atoms with van der Waals surface area (Å²) in [5.41, 5.74) is 2.30. The second-order valence-corrected chi connectivity index (χ2v) is 9.74. The van der Waals surface area contributed by atoms with E-state index < -0.39 is 0 Å². The lowest BCUT2D eigenvalue weighted by atomic mass is 10.1. The minimum absolute atomic E-state index is 0.0799. The van der Waals surface area contributed by atoms with Crippen molar-refractivity contribution in [3.05, 3.63) is 59.1 Å². The number of halogens is 1. The van der Waals surface area contributed by atoms with Crippen LogP contribution in [-0.2, 0) is 0 Å². The Kier molecular flexibility index (Phi) is 7.07. The molecule has 0 aliphatic rings. The van der Waals surface area contributed by atoms with E-state index in [2.05, 4.69) is 29.0 Å². The molecule has 2 aromatic carbocycles. The molecule has 0 bridgehead atoms. The third kappa shape index (κ3) is 5.18. The molecule has 1 N–H and O–H groups in total. The smallest absolute Gasteiger partial charge is 0.252 e. The second kappa shape index (κ2) is 9.96. The van der Waals surface area contributed by atoms with Gasteiger partial charge in [0.15, 0.2) is 4.34 Å². The fourth-order valence-corrected chi connectivity index (χ4v) is 5.55. The lowest BCUT2D eigenvalue weighted by molar-refractivity contribution is 0.0950. The maximum Gasteiger partial charge on any atom is 0.252 e. The zero-order valence-corrected chi connectivity index (χ0v) is 19.8. The minimum Gasteiger partial charge on any atom is -0.351 e. The lowest BCUT2D eigenvalue weighted by Crippen LogP contribution is -2.34. The summed E-state index contributed by atoms with van der Waals surface area (Å²) in [7, 11) is 0. The number of para-hydroxylation sites is 1. The molecule has 1 amide bonds.